The van der Waals surface area contributed by atoms with E-state index in [-0.39, 0.29) is 5.78 Å². The van der Waals surface area contributed by atoms with Gasteiger partial charge in [0.05, 0.1) is 13.7 Å². The van der Waals surface area contributed by atoms with E-state index in [1.165, 1.54) is 0 Å². The van der Waals surface area contributed by atoms with E-state index in [2.05, 4.69) is 24.1 Å². The quantitative estimate of drug-likeness (QED) is 0.545. The summed E-state index contributed by atoms with van der Waals surface area (Å²) < 4.78 is 5.11. The first-order valence-electron chi connectivity index (χ1n) is 6.81. The fourth-order valence-electron chi connectivity index (χ4n) is 1.88. The van der Waals surface area contributed by atoms with Gasteiger partial charge >= 0.3 is 0 Å². The fraction of sp³-hybridized carbons (Fsp3) is 0.533. The van der Waals surface area contributed by atoms with Gasteiger partial charge in [0, 0.05) is 18.7 Å². The van der Waals surface area contributed by atoms with Crippen molar-refractivity contribution in [3.8, 4) is 5.75 Å². The summed E-state index contributed by atoms with van der Waals surface area (Å²) in [4.78, 5) is 14.3. The van der Waals surface area contributed by atoms with Crippen LogP contribution in [0.5, 0.6) is 5.75 Å². The summed E-state index contributed by atoms with van der Waals surface area (Å²) in [6.07, 6.45) is 0. The SMILES string of the molecule is CCN(CC)CCNCC(=O)c1cccc(OC)c1. The zero-order chi connectivity index (χ0) is 14.1. The fourth-order valence-corrected chi connectivity index (χ4v) is 1.88. The van der Waals surface area contributed by atoms with Crippen LogP contribution in [0.1, 0.15) is 24.2 Å². The van der Waals surface area contributed by atoms with Crippen molar-refractivity contribution in [3.05, 3.63) is 29.8 Å². The lowest BCUT2D eigenvalue weighted by Gasteiger charge is -2.17. The highest BCUT2D eigenvalue weighted by molar-refractivity contribution is 5.97. The van der Waals surface area contributed by atoms with Crippen molar-refractivity contribution < 1.29 is 9.53 Å². The van der Waals surface area contributed by atoms with Gasteiger partial charge in [-0.25, -0.2) is 0 Å². The molecule has 0 amide bonds. The summed E-state index contributed by atoms with van der Waals surface area (Å²) >= 11 is 0. The summed E-state index contributed by atoms with van der Waals surface area (Å²) in [5.41, 5.74) is 0.690. The first-order valence-corrected chi connectivity index (χ1v) is 6.81. The number of likely N-dealkylation sites (N-methyl/N-ethyl adjacent to an activating group) is 1. The van der Waals surface area contributed by atoms with Crippen LogP contribution in [0.25, 0.3) is 0 Å². The molecule has 19 heavy (non-hydrogen) atoms. The zero-order valence-electron chi connectivity index (χ0n) is 12.1. The van der Waals surface area contributed by atoms with Gasteiger partial charge in [-0.3, -0.25) is 4.79 Å². The molecular formula is C15H24N2O2. The lowest BCUT2D eigenvalue weighted by atomic mass is 10.1. The van der Waals surface area contributed by atoms with Crippen LogP contribution in [0.15, 0.2) is 24.3 Å². The maximum absolute atomic E-state index is 12.0. The van der Waals surface area contributed by atoms with Crippen molar-refractivity contribution in [2.45, 2.75) is 13.8 Å². The molecule has 0 radical (unpaired) electrons. The van der Waals surface area contributed by atoms with Crippen molar-refractivity contribution in [2.24, 2.45) is 0 Å². The molecule has 0 aliphatic rings. The lowest BCUT2D eigenvalue weighted by molar-refractivity contribution is 0.0990. The van der Waals surface area contributed by atoms with Gasteiger partial charge in [-0.1, -0.05) is 26.0 Å². The highest BCUT2D eigenvalue weighted by Gasteiger charge is 2.06. The van der Waals surface area contributed by atoms with Gasteiger partial charge in [0.1, 0.15) is 5.75 Å². The third kappa shape index (κ3) is 5.41. The van der Waals surface area contributed by atoms with E-state index >= 15 is 0 Å². The van der Waals surface area contributed by atoms with Gasteiger partial charge in [0.15, 0.2) is 5.78 Å². The topological polar surface area (TPSA) is 41.6 Å². The summed E-state index contributed by atoms with van der Waals surface area (Å²) in [6.45, 7) is 8.55. The van der Waals surface area contributed by atoms with Crippen LogP contribution in [-0.4, -0.2) is 50.5 Å². The summed E-state index contributed by atoms with van der Waals surface area (Å²) in [6, 6.07) is 7.26. The first kappa shape index (κ1) is 15.7. The largest absolute Gasteiger partial charge is 0.497 e. The molecule has 1 N–H and O–H groups in total. The molecule has 0 bridgehead atoms. The number of rotatable bonds is 9. The van der Waals surface area contributed by atoms with Gasteiger partial charge in [-0.15, -0.1) is 0 Å². The smallest absolute Gasteiger partial charge is 0.176 e. The lowest BCUT2D eigenvalue weighted by Crippen LogP contribution is -2.34. The number of methoxy groups -OCH3 is 1. The van der Waals surface area contributed by atoms with E-state index in [0.717, 1.165) is 26.2 Å². The number of ether oxygens (including phenoxy) is 1. The molecule has 4 nitrogen and oxygen atoms in total. The van der Waals surface area contributed by atoms with Crippen LogP contribution < -0.4 is 10.1 Å². The average molecular weight is 264 g/mol. The van der Waals surface area contributed by atoms with Crippen LogP contribution in [0, 0.1) is 0 Å². The Kier molecular flexibility index (Phi) is 7.15. The number of benzene rings is 1. The van der Waals surface area contributed by atoms with Gasteiger partial charge in [-0.2, -0.15) is 0 Å². The Hall–Kier alpha value is -1.39. The molecule has 0 saturated carbocycles. The molecule has 0 aliphatic heterocycles. The Morgan fingerprint density at radius 2 is 2.05 bits per heavy atom. The Labute approximate surface area is 115 Å². The molecule has 0 aromatic heterocycles. The Morgan fingerprint density at radius 1 is 1.32 bits per heavy atom. The van der Waals surface area contributed by atoms with Crippen molar-refractivity contribution in [1.29, 1.82) is 0 Å². The predicted octanol–water partition coefficient (Wildman–Crippen LogP) is 1.81. The van der Waals surface area contributed by atoms with E-state index in [0.29, 0.717) is 17.9 Å². The van der Waals surface area contributed by atoms with Crippen molar-refractivity contribution in [1.82, 2.24) is 10.2 Å². The molecule has 106 valence electrons. The minimum atomic E-state index is 0.0958. The molecule has 1 aromatic rings. The third-order valence-corrected chi connectivity index (χ3v) is 3.18. The predicted molar refractivity (Wildman–Crippen MR) is 78.0 cm³/mol. The van der Waals surface area contributed by atoms with Crippen LogP contribution in [0.3, 0.4) is 0 Å². The van der Waals surface area contributed by atoms with Crippen LogP contribution >= 0.6 is 0 Å². The molecule has 0 fully saturated rings. The van der Waals surface area contributed by atoms with Crippen molar-refractivity contribution >= 4 is 5.78 Å². The van der Waals surface area contributed by atoms with Crippen molar-refractivity contribution in [2.75, 3.05) is 39.8 Å². The molecule has 4 heteroatoms. The molecule has 1 rings (SSSR count). The average Bonchev–Trinajstić information content (AvgIpc) is 2.47. The maximum Gasteiger partial charge on any atom is 0.176 e. The monoisotopic (exact) mass is 264 g/mol. The first-order chi connectivity index (χ1) is 9.21. The van der Waals surface area contributed by atoms with E-state index in [9.17, 15) is 4.79 Å². The summed E-state index contributed by atoms with van der Waals surface area (Å²) in [5.74, 6) is 0.812. The second kappa shape index (κ2) is 8.67. The minimum absolute atomic E-state index is 0.0958. The Morgan fingerprint density at radius 3 is 2.68 bits per heavy atom. The zero-order valence-corrected chi connectivity index (χ0v) is 12.1. The molecule has 1 aromatic carbocycles. The van der Waals surface area contributed by atoms with Crippen molar-refractivity contribution in [3.63, 3.8) is 0 Å². The molecule has 0 spiro atoms. The standard InChI is InChI=1S/C15H24N2O2/c1-4-17(5-2)10-9-16-12-15(18)13-7-6-8-14(11-13)19-3/h6-8,11,16H,4-5,9-10,12H2,1-3H3. The number of carbonyl (C=O) groups is 1. The Bertz CT molecular complexity index is 389. The number of nitrogens with zero attached hydrogens (tertiary/aromatic N) is 1. The van der Waals surface area contributed by atoms with E-state index < -0.39 is 0 Å². The summed E-state index contributed by atoms with van der Waals surface area (Å²) in [5, 5.41) is 3.19. The third-order valence-electron chi connectivity index (χ3n) is 3.18. The number of ketones is 1. The summed E-state index contributed by atoms with van der Waals surface area (Å²) in [7, 11) is 1.60. The van der Waals surface area contributed by atoms with Crippen LogP contribution in [0.4, 0.5) is 0 Å². The number of hydrogen-bond donors (Lipinski definition) is 1. The minimum Gasteiger partial charge on any atom is -0.497 e. The highest BCUT2D eigenvalue weighted by Crippen LogP contribution is 2.12. The molecule has 0 atom stereocenters. The molecule has 0 unspecified atom stereocenters. The van der Waals surface area contributed by atoms with E-state index in [1.54, 1.807) is 13.2 Å². The number of carbonyl (C=O) groups excluding carboxylic acids is 1. The maximum atomic E-state index is 12.0. The highest BCUT2D eigenvalue weighted by atomic mass is 16.5. The van der Waals surface area contributed by atoms with E-state index in [1.807, 2.05) is 18.2 Å². The normalized spacial score (nSPS) is 10.7. The Balaban J connectivity index is 2.34. The van der Waals surface area contributed by atoms with E-state index in [4.69, 9.17) is 4.74 Å². The van der Waals surface area contributed by atoms with Gasteiger partial charge < -0.3 is 15.0 Å². The van der Waals surface area contributed by atoms with Crippen LogP contribution in [0.2, 0.25) is 0 Å². The number of Topliss-reactive ketones (excluding diaryl/α,β-unsaturated/α-hetero) is 1. The van der Waals surface area contributed by atoms with Gasteiger partial charge in [0.25, 0.3) is 0 Å². The molecular weight excluding hydrogens is 240 g/mol. The van der Waals surface area contributed by atoms with Gasteiger partial charge in [0.2, 0.25) is 0 Å². The number of hydrogen-bond acceptors (Lipinski definition) is 4. The van der Waals surface area contributed by atoms with Crippen LogP contribution in [-0.2, 0) is 0 Å². The number of nitrogens with one attached hydrogen (secondary N) is 1. The molecule has 0 aliphatic carbocycles. The molecule has 0 saturated heterocycles. The second-order valence-corrected chi connectivity index (χ2v) is 4.36. The molecule has 0 heterocycles. The van der Waals surface area contributed by atoms with Gasteiger partial charge in [-0.05, 0) is 25.2 Å². The second-order valence-electron chi connectivity index (χ2n) is 4.36.